The Balaban J connectivity index is 2.40. The molecular formula is C22H24N4O8S. The summed E-state index contributed by atoms with van der Waals surface area (Å²) in [6.07, 6.45) is -1.98. The van der Waals surface area contributed by atoms with Crippen molar-refractivity contribution in [2.24, 2.45) is 4.99 Å². The first-order valence-electron chi connectivity index (χ1n) is 10.0. The van der Waals surface area contributed by atoms with Gasteiger partial charge in [0.2, 0.25) is 11.9 Å². The summed E-state index contributed by atoms with van der Waals surface area (Å²) in [5.41, 5.74) is 0.00992. The van der Waals surface area contributed by atoms with Crippen LogP contribution in [0.15, 0.2) is 57.2 Å². The number of guanidine groups is 1. The van der Waals surface area contributed by atoms with Gasteiger partial charge in [0.05, 0.1) is 32.6 Å². The first kappa shape index (κ1) is 27.1. The van der Waals surface area contributed by atoms with E-state index < -0.39 is 41.1 Å². The number of rotatable bonds is 6. The van der Waals surface area contributed by atoms with Gasteiger partial charge in [-0.2, -0.15) is 0 Å². The van der Waals surface area contributed by atoms with E-state index in [-0.39, 0.29) is 17.7 Å². The molecule has 186 valence electrons. The Labute approximate surface area is 204 Å². The van der Waals surface area contributed by atoms with Gasteiger partial charge in [0.15, 0.2) is 9.79 Å². The summed E-state index contributed by atoms with van der Waals surface area (Å²) in [4.78, 5) is 52.3. The standard InChI is InChI=1S/C22H24N4O8S/c1-5-18(27)23-17-12-15(35(31)14-8-6-13(32-2)7-9-14)10-11-16(17)19(28)24-20(25-21(29)33-3)26-22(30)34-4/h6-12H,5H2,1-4H3,(H,23,27)(H2,24,25,26,28,29,30). The molecule has 2 aromatic rings. The minimum Gasteiger partial charge on any atom is -0.606 e. The molecule has 0 aliphatic carbocycles. The summed E-state index contributed by atoms with van der Waals surface area (Å²) in [7, 11) is 3.65. The number of ether oxygens (including phenoxy) is 3. The van der Waals surface area contributed by atoms with Crippen LogP contribution in [0.5, 0.6) is 5.75 Å². The molecule has 0 bridgehead atoms. The Morgan fingerprint density at radius 2 is 1.60 bits per heavy atom. The molecule has 35 heavy (non-hydrogen) atoms. The predicted molar refractivity (Wildman–Crippen MR) is 126 cm³/mol. The molecule has 0 aliphatic rings. The lowest BCUT2D eigenvalue weighted by atomic mass is 10.1. The minimum atomic E-state index is -1.63. The zero-order chi connectivity index (χ0) is 26.0. The number of alkyl carbamates (subject to hydrolysis) is 1. The third-order valence-electron chi connectivity index (χ3n) is 4.33. The summed E-state index contributed by atoms with van der Waals surface area (Å²) < 4.78 is 27.0. The Kier molecular flexibility index (Phi) is 10.1. The normalized spacial score (nSPS) is 11.6. The number of benzene rings is 2. The van der Waals surface area contributed by atoms with Crippen molar-refractivity contribution < 1.29 is 37.9 Å². The van der Waals surface area contributed by atoms with Crippen LogP contribution in [0.3, 0.4) is 0 Å². The maximum absolute atomic E-state index is 13.0. The van der Waals surface area contributed by atoms with Crippen molar-refractivity contribution in [3.05, 3.63) is 48.0 Å². The summed E-state index contributed by atoms with van der Waals surface area (Å²) in [6, 6.07) is 10.8. The van der Waals surface area contributed by atoms with E-state index in [2.05, 4.69) is 30.4 Å². The van der Waals surface area contributed by atoms with E-state index >= 15 is 0 Å². The molecule has 0 fully saturated rings. The van der Waals surface area contributed by atoms with Crippen LogP contribution in [0, 0.1) is 0 Å². The van der Waals surface area contributed by atoms with Crippen LogP contribution < -0.4 is 20.7 Å². The van der Waals surface area contributed by atoms with Gasteiger partial charge >= 0.3 is 12.2 Å². The van der Waals surface area contributed by atoms with Crippen molar-refractivity contribution in [2.45, 2.75) is 23.1 Å². The highest BCUT2D eigenvalue weighted by molar-refractivity contribution is 7.91. The Bertz CT molecular complexity index is 1120. The first-order valence-corrected chi connectivity index (χ1v) is 11.2. The van der Waals surface area contributed by atoms with Crippen LogP contribution in [-0.4, -0.2) is 55.8 Å². The van der Waals surface area contributed by atoms with Crippen LogP contribution in [0.4, 0.5) is 15.3 Å². The topological polar surface area (TPSA) is 167 Å². The molecule has 13 heteroatoms. The molecule has 0 radical (unpaired) electrons. The second-order valence-electron chi connectivity index (χ2n) is 6.55. The number of anilines is 1. The summed E-state index contributed by atoms with van der Waals surface area (Å²) in [5.74, 6) is -1.20. The second kappa shape index (κ2) is 13.0. The van der Waals surface area contributed by atoms with E-state index in [1.165, 1.54) is 25.3 Å². The van der Waals surface area contributed by atoms with Crippen LogP contribution in [0.2, 0.25) is 0 Å². The molecular weight excluding hydrogens is 480 g/mol. The number of methoxy groups -OCH3 is 3. The second-order valence-corrected chi connectivity index (χ2v) is 8.03. The molecule has 0 aliphatic heterocycles. The number of hydrogen-bond acceptors (Lipinski definition) is 8. The smallest absolute Gasteiger partial charge is 0.436 e. The van der Waals surface area contributed by atoms with Crippen molar-refractivity contribution in [1.29, 1.82) is 0 Å². The maximum Gasteiger partial charge on any atom is 0.436 e. The molecule has 0 saturated carbocycles. The minimum absolute atomic E-state index is 0.0495. The Morgan fingerprint density at radius 3 is 2.17 bits per heavy atom. The van der Waals surface area contributed by atoms with Gasteiger partial charge in [0, 0.05) is 23.7 Å². The molecule has 12 nitrogen and oxygen atoms in total. The molecule has 1 atom stereocenters. The van der Waals surface area contributed by atoms with Crippen molar-refractivity contribution in [1.82, 2.24) is 10.6 Å². The number of carbonyl (C=O) groups excluding carboxylic acids is 4. The van der Waals surface area contributed by atoms with Crippen LogP contribution in [0.1, 0.15) is 23.7 Å². The third-order valence-corrected chi connectivity index (χ3v) is 5.72. The van der Waals surface area contributed by atoms with Crippen LogP contribution in [0.25, 0.3) is 0 Å². The fourth-order valence-electron chi connectivity index (χ4n) is 2.56. The monoisotopic (exact) mass is 504 g/mol. The van der Waals surface area contributed by atoms with Gasteiger partial charge in [-0.1, -0.05) is 6.92 Å². The molecule has 2 rings (SSSR count). The lowest BCUT2D eigenvalue weighted by Gasteiger charge is -2.15. The van der Waals surface area contributed by atoms with Gasteiger partial charge in [-0.3, -0.25) is 20.2 Å². The molecule has 1 unspecified atom stereocenters. The molecule has 0 spiro atoms. The average Bonchev–Trinajstić information content (AvgIpc) is 2.87. The number of nitrogens with zero attached hydrogens (tertiary/aromatic N) is 1. The number of amides is 4. The summed E-state index contributed by atoms with van der Waals surface area (Å²) in [6.45, 7) is 1.62. The lowest BCUT2D eigenvalue weighted by molar-refractivity contribution is -0.115. The maximum atomic E-state index is 13.0. The first-order chi connectivity index (χ1) is 16.7. The van der Waals surface area contributed by atoms with Gasteiger partial charge in [0.25, 0.3) is 5.91 Å². The third kappa shape index (κ3) is 7.72. The quantitative estimate of drug-likeness (QED) is 0.306. The lowest BCUT2D eigenvalue weighted by Crippen LogP contribution is -2.44. The van der Waals surface area contributed by atoms with Gasteiger partial charge < -0.3 is 24.1 Å². The zero-order valence-electron chi connectivity index (χ0n) is 19.4. The van der Waals surface area contributed by atoms with Gasteiger partial charge in [-0.05, 0) is 36.4 Å². The highest BCUT2D eigenvalue weighted by Gasteiger charge is 2.22. The summed E-state index contributed by atoms with van der Waals surface area (Å²) in [5, 5.41) is 6.91. The molecule has 3 N–H and O–H groups in total. The van der Waals surface area contributed by atoms with E-state index in [0.29, 0.717) is 15.5 Å². The number of hydrogen-bond donors (Lipinski definition) is 3. The van der Waals surface area contributed by atoms with Gasteiger partial charge in [-0.25, -0.2) is 9.59 Å². The van der Waals surface area contributed by atoms with Gasteiger partial charge in [0.1, 0.15) is 5.75 Å². The predicted octanol–water partition coefficient (Wildman–Crippen LogP) is 2.42. The average molecular weight is 505 g/mol. The van der Waals surface area contributed by atoms with Crippen molar-refractivity contribution in [2.75, 3.05) is 26.6 Å². The summed E-state index contributed by atoms with van der Waals surface area (Å²) >= 11 is -1.63. The van der Waals surface area contributed by atoms with Crippen molar-refractivity contribution in [3.63, 3.8) is 0 Å². The molecule has 0 heterocycles. The fraction of sp³-hybridized carbons (Fsp3) is 0.227. The molecule has 4 amide bonds. The molecule has 0 aromatic heterocycles. The highest BCUT2D eigenvalue weighted by atomic mass is 32.2. The zero-order valence-corrected chi connectivity index (χ0v) is 20.2. The van der Waals surface area contributed by atoms with E-state index in [0.717, 1.165) is 14.2 Å². The Hall–Kier alpha value is -4.10. The van der Waals surface area contributed by atoms with E-state index in [9.17, 15) is 23.7 Å². The molecule has 2 aromatic carbocycles. The van der Waals surface area contributed by atoms with E-state index in [4.69, 9.17) is 4.74 Å². The van der Waals surface area contributed by atoms with Crippen molar-refractivity contribution in [3.8, 4) is 5.75 Å². The number of nitrogens with one attached hydrogen (secondary N) is 3. The number of aliphatic imine (C=N–C) groups is 1. The Morgan fingerprint density at radius 1 is 0.943 bits per heavy atom. The van der Waals surface area contributed by atoms with Crippen LogP contribution in [-0.2, 0) is 25.4 Å². The SMILES string of the molecule is CCC(=O)Nc1cc([S+]([O-])c2ccc(OC)cc2)ccc1C(=O)NC(=NC(=O)OC)NC(=O)OC. The number of carbonyl (C=O) groups is 4. The largest absolute Gasteiger partial charge is 0.606 e. The van der Waals surface area contributed by atoms with Crippen LogP contribution >= 0.6 is 0 Å². The van der Waals surface area contributed by atoms with E-state index in [1.807, 2.05) is 0 Å². The van der Waals surface area contributed by atoms with Gasteiger partial charge in [-0.15, -0.1) is 4.99 Å². The van der Waals surface area contributed by atoms with Crippen molar-refractivity contribution >= 4 is 46.8 Å². The fourth-order valence-corrected chi connectivity index (χ4v) is 3.63. The highest BCUT2D eigenvalue weighted by Crippen LogP contribution is 2.27. The van der Waals surface area contributed by atoms with E-state index in [1.54, 1.807) is 31.2 Å². The molecule has 0 saturated heterocycles.